The molecule has 0 saturated heterocycles. The Kier molecular flexibility index (Phi) is 5.06. The minimum absolute atomic E-state index is 0.0615. The predicted octanol–water partition coefficient (Wildman–Crippen LogP) is 3.31. The Balaban J connectivity index is 2.14. The van der Waals surface area contributed by atoms with Crippen molar-refractivity contribution >= 4 is 17.5 Å². The number of aliphatic hydroxyl groups is 1. The first kappa shape index (κ1) is 15.3. The molecule has 1 amide bonds. The van der Waals surface area contributed by atoms with Crippen molar-refractivity contribution in [3.05, 3.63) is 34.9 Å². The molecule has 1 aromatic carbocycles. The highest BCUT2D eigenvalue weighted by Gasteiger charge is 2.33. The zero-order chi connectivity index (χ0) is 14.7. The van der Waals surface area contributed by atoms with Crippen LogP contribution in [0.15, 0.2) is 24.3 Å². The lowest BCUT2D eigenvalue weighted by molar-refractivity contribution is -0.128. The molecule has 0 aromatic heterocycles. The van der Waals surface area contributed by atoms with E-state index in [9.17, 15) is 9.90 Å². The largest absolute Gasteiger partial charge is 0.392 e. The minimum Gasteiger partial charge on any atom is -0.392 e. The SMILES string of the molecule is CC(C)C(NC(=O)C1CCCC1O)c1ccccc1Cl. The summed E-state index contributed by atoms with van der Waals surface area (Å²) in [5, 5.41) is 13.6. The molecule has 0 spiro atoms. The maximum absolute atomic E-state index is 12.3. The molecule has 20 heavy (non-hydrogen) atoms. The van der Waals surface area contributed by atoms with Crippen LogP contribution in [0.3, 0.4) is 0 Å². The summed E-state index contributed by atoms with van der Waals surface area (Å²) in [6.45, 7) is 4.11. The molecule has 3 unspecified atom stereocenters. The van der Waals surface area contributed by atoms with Crippen LogP contribution in [0.25, 0.3) is 0 Å². The highest BCUT2D eigenvalue weighted by molar-refractivity contribution is 6.31. The van der Waals surface area contributed by atoms with Gasteiger partial charge in [0.05, 0.1) is 18.1 Å². The number of halogens is 1. The van der Waals surface area contributed by atoms with E-state index in [1.165, 1.54) is 0 Å². The predicted molar refractivity (Wildman–Crippen MR) is 80.5 cm³/mol. The third kappa shape index (κ3) is 3.33. The van der Waals surface area contributed by atoms with Gasteiger partial charge in [0.15, 0.2) is 0 Å². The van der Waals surface area contributed by atoms with Crippen LogP contribution in [0.4, 0.5) is 0 Å². The van der Waals surface area contributed by atoms with Crippen molar-refractivity contribution in [2.75, 3.05) is 0 Å². The number of aliphatic hydroxyl groups excluding tert-OH is 1. The van der Waals surface area contributed by atoms with Gasteiger partial charge in [0.1, 0.15) is 0 Å². The number of hydrogen-bond donors (Lipinski definition) is 2. The maximum atomic E-state index is 12.3. The van der Waals surface area contributed by atoms with Gasteiger partial charge in [0, 0.05) is 5.02 Å². The second kappa shape index (κ2) is 6.59. The Labute approximate surface area is 125 Å². The monoisotopic (exact) mass is 295 g/mol. The van der Waals surface area contributed by atoms with E-state index >= 15 is 0 Å². The molecule has 2 N–H and O–H groups in total. The van der Waals surface area contributed by atoms with Crippen LogP contribution in [0, 0.1) is 11.8 Å². The summed E-state index contributed by atoms with van der Waals surface area (Å²) < 4.78 is 0. The molecule has 3 atom stereocenters. The van der Waals surface area contributed by atoms with Gasteiger partial charge < -0.3 is 10.4 Å². The van der Waals surface area contributed by atoms with Gasteiger partial charge in [0.2, 0.25) is 5.91 Å². The topological polar surface area (TPSA) is 49.3 Å². The summed E-state index contributed by atoms with van der Waals surface area (Å²) >= 11 is 6.23. The van der Waals surface area contributed by atoms with Crippen LogP contribution in [0.2, 0.25) is 5.02 Å². The van der Waals surface area contributed by atoms with E-state index in [1.54, 1.807) is 0 Å². The number of hydrogen-bond acceptors (Lipinski definition) is 2. The molecule has 110 valence electrons. The molecule has 1 aliphatic carbocycles. The quantitative estimate of drug-likeness (QED) is 0.895. The lowest BCUT2D eigenvalue weighted by Crippen LogP contribution is -2.39. The normalized spacial score (nSPS) is 23.9. The minimum atomic E-state index is -0.506. The zero-order valence-corrected chi connectivity index (χ0v) is 12.7. The molecular formula is C16H22ClNO2. The maximum Gasteiger partial charge on any atom is 0.226 e. The molecule has 4 heteroatoms. The fraction of sp³-hybridized carbons (Fsp3) is 0.562. The molecule has 0 bridgehead atoms. The summed E-state index contributed by atoms with van der Waals surface area (Å²) in [6, 6.07) is 7.46. The average molecular weight is 296 g/mol. The Bertz CT molecular complexity index is 475. The highest BCUT2D eigenvalue weighted by Crippen LogP contribution is 2.30. The summed E-state index contributed by atoms with van der Waals surface area (Å²) in [5.74, 6) is -0.107. The van der Waals surface area contributed by atoms with E-state index in [-0.39, 0.29) is 23.8 Å². The first-order valence-electron chi connectivity index (χ1n) is 7.23. The van der Waals surface area contributed by atoms with Crippen molar-refractivity contribution in [3.8, 4) is 0 Å². The van der Waals surface area contributed by atoms with E-state index < -0.39 is 6.10 Å². The van der Waals surface area contributed by atoms with Gasteiger partial charge in [-0.3, -0.25) is 4.79 Å². The van der Waals surface area contributed by atoms with Crippen molar-refractivity contribution in [1.82, 2.24) is 5.32 Å². The van der Waals surface area contributed by atoms with Crippen molar-refractivity contribution in [3.63, 3.8) is 0 Å². The van der Waals surface area contributed by atoms with Gasteiger partial charge in [-0.25, -0.2) is 0 Å². The average Bonchev–Trinajstić information content (AvgIpc) is 2.83. The molecule has 1 aromatic rings. The van der Waals surface area contributed by atoms with Crippen LogP contribution in [-0.4, -0.2) is 17.1 Å². The van der Waals surface area contributed by atoms with E-state index in [2.05, 4.69) is 19.2 Å². The highest BCUT2D eigenvalue weighted by atomic mass is 35.5. The van der Waals surface area contributed by atoms with Gasteiger partial charge in [-0.05, 0) is 36.8 Å². The number of carbonyl (C=O) groups excluding carboxylic acids is 1. The van der Waals surface area contributed by atoms with Gasteiger partial charge in [-0.2, -0.15) is 0 Å². The lowest BCUT2D eigenvalue weighted by Gasteiger charge is -2.26. The summed E-state index contributed by atoms with van der Waals surface area (Å²) in [4.78, 5) is 12.3. The van der Waals surface area contributed by atoms with Gasteiger partial charge >= 0.3 is 0 Å². The Morgan fingerprint density at radius 2 is 2.05 bits per heavy atom. The van der Waals surface area contributed by atoms with Crippen molar-refractivity contribution < 1.29 is 9.90 Å². The number of carbonyl (C=O) groups is 1. The van der Waals surface area contributed by atoms with E-state index in [0.717, 1.165) is 24.8 Å². The van der Waals surface area contributed by atoms with Crippen molar-refractivity contribution in [2.24, 2.45) is 11.8 Å². The van der Waals surface area contributed by atoms with Gasteiger partial charge in [0.25, 0.3) is 0 Å². The van der Waals surface area contributed by atoms with E-state index in [1.807, 2.05) is 24.3 Å². The fourth-order valence-corrected chi connectivity index (χ4v) is 3.09. The number of nitrogens with one attached hydrogen (secondary N) is 1. The number of rotatable bonds is 4. The smallest absolute Gasteiger partial charge is 0.226 e. The second-order valence-corrected chi connectivity index (χ2v) is 6.26. The van der Waals surface area contributed by atoms with Crippen LogP contribution in [0.1, 0.15) is 44.7 Å². The summed E-state index contributed by atoms with van der Waals surface area (Å²) in [5.41, 5.74) is 0.935. The van der Waals surface area contributed by atoms with Gasteiger partial charge in [-0.1, -0.05) is 43.6 Å². The first-order valence-corrected chi connectivity index (χ1v) is 7.61. The Morgan fingerprint density at radius 1 is 1.35 bits per heavy atom. The van der Waals surface area contributed by atoms with Crippen LogP contribution in [0.5, 0.6) is 0 Å². The molecular weight excluding hydrogens is 274 g/mol. The molecule has 0 radical (unpaired) electrons. The van der Waals surface area contributed by atoms with Crippen molar-refractivity contribution in [1.29, 1.82) is 0 Å². The Morgan fingerprint density at radius 3 is 2.60 bits per heavy atom. The van der Waals surface area contributed by atoms with Crippen LogP contribution in [-0.2, 0) is 4.79 Å². The van der Waals surface area contributed by atoms with Crippen LogP contribution >= 0.6 is 11.6 Å². The number of benzene rings is 1. The molecule has 0 heterocycles. The molecule has 1 fully saturated rings. The lowest BCUT2D eigenvalue weighted by atomic mass is 9.94. The number of amides is 1. The third-order valence-corrected chi connectivity index (χ3v) is 4.37. The standard InChI is InChI=1S/C16H22ClNO2/c1-10(2)15(11-6-3-4-8-13(11)17)18-16(20)12-7-5-9-14(12)19/h3-4,6,8,10,12,14-15,19H,5,7,9H2,1-2H3,(H,18,20). The third-order valence-electron chi connectivity index (χ3n) is 4.02. The molecule has 0 aliphatic heterocycles. The first-order chi connectivity index (χ1) is 9.50. The van der Waals surface area contributed by atoms with E-state index in [4.69, 9.17) is 11.6 Å². The summed E-state index contributed by atoms with van der Waals surface area (Å²) in [7, 11) is 0. The fourth-order valence-electron chi connectivity index (χ4n) is 2.84. The molecule has 1 saturated carbocycles. The van der Waals surface area contributed by atoms with Crippen LogP contribution < -0.4 is 5.32 Å². The molecule has 3 nitrogen and oxygen atoms in total. The molecule has 1 aliphatic rings. The van der Waals surface area contributed by atoms with Crippen molar-refractivity contribution in [2.45, 2.75) is 45.3 Å². The molecule has 2 rings (SSSR count). The second-order valence-electron chi connectivity index (χ2n) is 5.86. The van der Waals surface area contributed by atoms with Gasteiger partial charge in [-0.15, -0.1) is 0 Å². The zero-order valence-electron chi connectivity index (χ0n) is 12.0. The van der Waals surface area contributed by atoms with E-state index in [0.29, 0.717) is 5.02 Å². The Hall–Kier alpha value is -1.06. The summed E-state index contributed by atoms with van der Waals surface area (Å²) in [6.07, 6.45) is 1.89.